The Labute approximate surface area is 98.2 Å². The SMILES string of the molecule is OCC(Cc1ccsc1)c1ccccc1F. The first kappa shape index (κ1) is 11.3. The zero-order valence-electron chi connectivity index (χ0n) is 8.77. The van der Waals surface area contributed by atoms with Crippen LogP contribution < -0.4 is 0 Å². The van der Waals surface area contributed by atoms with Crippen molar-refractivity contribution < 1.29 is 9.50 Å². The molecule has 0 aliphatic heterocycles. The summed E-state index contributed by atoms with van der Waals surface area (Å²) in [6, 6.07) is 8.65. The van der Waals surface area contributed by atoms with E-state index in [0.29, 0.717) is 12.0 Å². The molecule has 16 heavy (non-hydrogen) atoms. The first-order valence-corrected chi connectivity index (χ1v) is 6.12. The van der Waals surface area contributed by atoms with Gasteiger partial charge in [0.25, 0.3) is 0 Å². The molecule has 1 heterocycles. The van der Waals surface area contributed by atoms with Crippen LogP contribution in [0.1, 0.15) is 17.0 Å². The topological polar surface area (TPSA) is 20.2 Å². The van der Waals surface area contributed by atoms with E-state index in [9.17, 15) is 9.50 Å². The molecule has 2 aromatic rings. The van der Waals surface area contributed by atoms with Crippen molar-refractivity contribution in [3.63, 3.8) is 0 Å². The standard InChI is InChI=1S/C13H13FOS/c14-13-4-2-1-3-12(13)11(8-15)7-10-5-6-16-9-10/h1-6,9,11,15H,7-8H2. The molecule has 1 unspecified atom stereocenters. The predicted molar refractivity (Wildman–Crippen MR) is 64.2 cm³/mol. The van der Waals surface area contributed by atoms with Gasteiger partial charge in [-0.3, -0.25) is 0 Å². The van der Waals surface area contributed by atoms with Crippen LogP contribution in [0.5, 0.6) is 0 Å². The summed E-state index contributed by atoms with van der Waals surface area (Å²) in [6.45, 7) is -0.0310. The minimum atomic E-state index is -0.239. The second kappa shape index (κ2) is 5.23. The third-order valence-electron chi connectivity index (χ3n) is 2.63. The maximum Gasteiger partial charge on any atom is 0.126 e. The van der Waals surface area contributed by atoms with Crippen LogP contribution in [0, 0.1) is 5.82 Å². The van der Waals surface area contributed by atoms with E-state index < -0.39 is 0 Å². The van der Waals surface area contributed by atoms with Crippen molar-refractivity contribution in [1.82, 2.24) is 0 Å². The molecule has 1 atom stereocenters. The van der Waals surface area contributed by atoms with Crippen LogP contribution in [0.25, 0.3) is 0 Å². The maximum atomic E-state index is 13.5. The molecule has 0 saturated heterocycles. The number of aliphatic hydroxyl groups is 1. The maximum absolute atomic E-state index is 13.5. The van der Waals surface area contributed by atoms with Gasteiger partial charge < -0.3 is 5.11 Å². The molecule has 0 saturated carbocycles. The van der Waals surface area contributed by atoms with Gasteiger partial charge in [0.05, 0.1) is 6.61 Å². The van der Waals surface area contributed by atoms with Crippen molar-refractivity contribution in [2.75, 3.05) is 6.61 Å². The number of halogens is 1. The van der Waals surface area contributed by atoms with Gasteiger partial charge in [0, 0.05) is 5.92 Å². The Morgan fingerprint density at radius 3 is 2.69 bits per heavy atom. The van der Waals surface area contributed by atoms with Crippen LogP contribution in [0.3, 0.4) is 0 Å². The van der Waals surface area contributed by atoms with Gasteiger partial charge in [-0.05, 0) is 40.4 Å². The van der Waals surface area contributed by atoms with Crippen molar-refractivity contribution in [2.45, 2.75) is 12.3 Å². The van der Waals surface area contributed by atoms with E-state index >= 15 is 0 Å². The molecule has 0 amide bonds. The molecule has 2 rings (SSSR count). The Balaban J connectivity index is 2.20. The van der Waals surface area contributed by atoms with Gasteiger partial charge in [-0.2, -0.15) is 11.3 Å². The molecular weight excluding hydrogens is 223 g/mol. The molecule has 0 aliphatic carbocycles. The first-order valence-electron chi connectivity index (χ1n) is 5.17. The summed E-state index contributed by atoms with van der Waals surface area (Å²) in [5, 5.41) is 13.4. The van der Waals surface area contributed by atoms with E-state index in [2.05, 4.69) is 0 Å². The zero-order valence-corrected chi connectivity index (χ0v) is 9.58. The quantitative estimate of drug-likeness (QED) is 0.864. The Morgan fingerprint density at radius 1 is 1.25 bits per heavy atom. The number of hydrogen-bond donors (Lipinski definition) is 1. The lowest BCUT2D eigenvalue weighted by molar-refractivity contribution is 0.262. The molecule has 1 nitrogen and oxygen atoms in total. The lowest BCUT2D eigenvalue weighted by atomic mass is 9.93. The second-order valence-corrected chi connectivity index (χ2v) is 4.52. The summed E-state index contributed by atoms with van der Waals surface area (Å²) in [4.78, 5) is 0. The third kappa shape index (κ3) is 2.49. The lowest BCUT2D eigenvalue weighted by Gasteiger charge is -2.14. The Hall–Kier alpha value is -1.19. The van der Waals surface area contributed by atoms with Crippen LogP contribution in [0.15, 0.2) is 41.1 Å². The molecule has 0 radical (unpaired) electrons. The smallest absolute Gasteiger partial charge is 0.126 e. The highest BCUT2D eigenvalue weighted by Crippen LogP contribution is 2.23. The largest absolute Gasteiger partial charge is 0.396 e. The molecule has 1 aromatic carbocycles. The van der Waals surface area contributed by atoms with Crippen LogP contribution in [0.4, 0.5) is 4.39 Å². The number of benzene rings is 1. The number of thiophene rings is 1. The highest BCUT2D eigenvalue weighted by molar-refractivity contribution is 7.07. The van der Waals surface area contributed by atoms with E-state index in [0.717, 1.165) is 5.56 Å². The fourth-order valence-corrected chi connectivity index (χ4v) is 2.45. The second-order valence-electron chi connectivity index (χ2n) is 3.74. The van der Waals surface area contributed by atoms with Gasteiger partial charge >= 0.3 is 0 Å². The van der Waals surface area contributed by atoms with E-state index in [-0.39, 0.29) is 18.3 Å². The predicted octanol–water partition coefficient (Wildman–Crippen LogP) is 3.21. The molecule has 0 fully saturated rings. The molecule has 84 valence electrons. The van der Waals surface area contributed by atoms with Gasteiger partial charge in [0.15, 0.2) is 0 Å². The minimum absolute atomic E-state index is 0.0310. The van der Waals surface area contributed by atoms with Gasteiger partial charge in [-0.15, -0.1) is 0 Å². The summed E-state index contributed by atoms with van der Waals surface area (Å²) in [5.41, 5.74) is 1.74. The molecule has 1 aromatic heterocycles. The van der Waals surface area contributed by atoms with E-state index in [1.54, 1.807) is 29.5 Å². The minimum Gasteiger partial charge on any atom is -0.396 e. The van der Waals surface area contributed by atoms with Gasteiger partial charge in [-0.25, -0.2) is 4.39 Å². The monoisotopic (exact) mass is 236 g/mol. The van der Waals surface area contributed by atoms with Crippen molar-refractivity contribution in [3.05, 3.63) is 58.0 Å². The first-order chi connectivity index (χ1) is 7.81. The lowest BCUT2D eigenvalue weighted by Crippen LogP contribution is -2.09. The Bertz CT molecular complexity index is 439. The number of hydrogen-bond acceptors (Lipinski definition) is 2. The van der Waals surface area contributed by atoms with Crippen molar-refractivity contribution >= 4 is 11.3 Å². The molecule has 0 aliphatic rings. The van der Waals surface area contributed by atoms with Crippen molar-refractivity contribution in [3.8, 4) is 0 Å². The normalized spacial score (nSPS) is 12.6. The Kier molecular flexibility index (Phi) is 3.70. The Morgan fingerprint density at radius 2 is 2.06 bits per heavy atom. The summed E-state index contributed by atoms with van der Waals surface area (Å²) in [6.07, 6.45) is 0.681. The average molecular weight is 236 g/mol. The molecule has 1 N–H and O–H groups in total. The molecule has 0 spiro atoms. The molecule has 0 bridgehead atoms. The summed E-state index contributed by atoms with van der Waals surface area (Å²) in [7, 11) is 0. The van der Waals surface area contributed by atoms with Crippen molar-refractivity contribution in [2.24, 2.45) is 0 Å². The number of aliphatic hydroxyl groups excluding tert-OH is 1. The van der Waals surface area contributed by atoms with Crippen LogP contribution in [0.2, 0.25) is 0 Å². The summed E-state index contributed by atoms with van der Waals surface area (Å²) < 4.78 is 13.5. The molecule has 3 heteroatoms. The van der Waals surface area contributed by atoms with E-state index in [1.807, 2.05) is 16.8 Å². The van der Waals surface area contributed by atoms with E-state index in [4.69, 9.17) is 0 Å². The van der Waals surface area contributed by atoms with Crippen molar-refractivity contribution in [1.29, 1.82) is 0 Å². The van der Waals surface area contributed by atoms with Gasteiger partial charge in [-0.1, -0.05) is 18.2 Å². The summed E-state index contributed by atoms with van der Waals surface area (Å²) >= 11 is 1.62. The fourth-order valence-electron chi connectivity index (χ4n) is 1.77. The van der Waals surface area contributed by atoms with Crippen LogP contribution in [-0.2, 0) is 6.42 Å². The van der Waals surface area contributed by atoms with Gasteiger partial charge in [0.1, 0.15) is 5.82 Å². The third-order valence-corrected chi connectivity index (χ3v) is 3.36. The average Bonchev–Trinajstić information content (AvgIpc) is 2.80. The van der Waals surface area contributed by atoms with Gasteiger partial charge in [0.2, 0.25) is 0 Å². The zero-order chi connectivity index (χ0) is 11.4. The number of rotatable bonds is 4. The van der Waals surface area contributed by atoms with Crippen LogP contribution in [-0.4, -0.2) is 11.7 Å². The highest BCUT2D eigenvalue weighted by atomic mass is 32.1. The van der Waals surface area contributed by atoms with Crippen LogP contribution >= 0.6 is 11.3 Å². The summed E-state index contributed by atoms with van der Waals surface area (Å²) in [5.74, 6) is -0.396. The van der Waals surface area contributed by atoms with E-state index in [1.165, 1.54) is 6.07 Å². The highest BCUT2D eigenvalue weighted by Gasteiger charge is 2.15. The molecular formula is C13H13FOS. The fraction of sp³-hybridized carbons (Fsp3) is 0.231.